The molecule has 0 fully saturated rings. The summed E-state index contributed by atoms with van der Waals surface area (Å²) in [5.41, 5.74) is 2.51. The molecule has 0 N–H and O–H groups in total. The van der Waals surface area contributed by atoms with Crippen LogP contribution in [-0.4, -0.2) is 0 Å². The summed E-state index contributed by atoms with van der Waals surface area (Å²) in [6, 6.07) is 15.8. The summed E-state index contributed by atoms with van der Waals surface area (Å²) >= 11 is 0. The molecule has 0 aliphatic rings. The van der Waals surface area contributed by atoms with Crippen LogP contribution in [0.25, 0.3) is 230 Å². The predicted molar refractivity (Wildman–Crippen MR) is 471 cm³/mol. The van der Waals surface area contributed by atoms with Crippen LogP contribution in [0, 0.1) is 0 Å². The zero-order chi connectivity index (χ0) is 110. The molecule has 3 heterocycles. The number of para-hydroxylation sites is 4. The average Bonchev–Trinajstić information content (AvgIpc) is 1.68. The molecule has 0 bridgehead atoms. The van der Waals surface area contributed by atoms with Crippen LogP contribution in [-0.2, 0) is 0 Å². The van der Waals surface area contributed by atoms with E-state index in [0.717, 1.165) is 39.7 Å². The maximum Gasteiger partial charge on any atom is 0.143 e. The highest BCUT2D eigenvalue weighted by Crippen LogP contribution is 2.51. The van der Waals surface area contributed by atoms with Gasteiger partial charge in [-0.3, -0.25) is 0 Å². The Kier molecular flexibility index (Phi) is 8.11. The van der Waals surface area contributed by atoms with Crippen molar-refractivity contribution in [3.8, 4) is 66.8 Å². The van der Waals surface area contributed by atoms with Gasteiger partial charge in [-0.25, -0.2) is 0 Å². The molecule has 0 spiro atoms. The van der Waals surface area contributed by atoms with Crippen molar-refractivity contribution in [1.82, 2.24) is 0 Å². The van der Waals surface area contributed by atoms with E-state index >= 15 is 0 Å². The molecule has 0 atom stereocenters. The van der Waals surface area contributed by atoms with Crippen molar-refractivity contribution >= 4 is 163 Å². The molecule has 0 unspecified atom stereocenters. The molecule has 0 radical (unpaired) electrons. The van der Waals surface area contributed by atoms with E-state index in [1.807, 2.05) is 54.6 Å². The minimum Gasteiger partial charge on any atom is -0.456 e. The topological polar surface area (TPSA) is 39.4 Å². The SMILES string of the molecule is [2H]c1cc2c(-c3c4c([2H])c([2H])c([2H])c([2H])c4c(-c4ccc5c(c4)oc4ccccc45)c4c([2H])c([2H])c([2H])c([2H])c34)c([2H])c([2H])c([2H])c2c([2H])c1[2H].[2H]c1cc2c(-c3c4c([2H])c([2H])c([2H])c([2H])c4c(-c4ccc5oc6ccccc6c5c4)c4c([2H])c([2H])c([2H])c([2H])c34)c([2H])c([2H])c([2H])c2c([2H])c1[2H].[2H]c1cc2c(-c3c4c([2H])c([2H])c([2H])c([2H])c4c(-c4cccc5c4oc4ccccc45)c4c([2H])c([2H])c([2H])c([2H])c34)c([2H])c([2H])c([2H])c2c([2H])c1[2H]. The highest BCUT2D eigenvalue weighted by molar-refractivity contribution is 6.29. The molecule has 0 saturated carbocycles. The van der Waals surface area contributed by atoms with Gasteiger partial charge in [-0.15, -0.1) is 0 Å². The summed E-state index contributed by atoms with van der Waals surface area (Å²) < 4.78 is 389. The second-order valence-corrected chi connectivity index (χ2v) is 25.9. The fourth-order valence-corrected chi connectivity index (χ4v) is 15.4. The van der Waals surface area contributed by atoms with Crippen molar-refractivity contribution in [3.05, 3.63) is 399 Å². The Morgan fingerprint density at radius 1 is 0.162 bits per heavy atom. The Bertz CT molecular complexity index is 10300. The van der Waals surface area contributed by atoms with Crippen molar-refractivity contribution < 1.29 is 70.8 Å². The van der Waals surface area contributed by atoms with E-state index in [4.69, 9.17) is 54.4 Å². The zero-order valence-corrected chi connectivity index (χ0v) is 57.1. The second-order valence-electron chi connectivity index (χ2n) is 25.9. The van der Waals surface area contributed by atoms with Crippen molar-refractivity contribution in [3.63, 3.8) is 0 Å². The fraction of sp³-hybridized carbons (Fsp3) is 0. The standard InChI is InChI=1S/3C36H22O/c1-2-13-24-23(11-1)12-9-19-26(24)34-27-15-3-5-17-29(27)35(30-18-6-4-16-28(30)34)32-21-10-20-31-25-14-7-8-22-33(25)37-36(31)32;1-2-12-25-23(10-1)11-9-18-28(25)36-31-16-5-3-14-29(31)35(30-15-4-6-17-32(30)36)24-20-21-27-26-13-7-8-19-33(26)37-34(27)22-24;1-2-12-25-23(10-1)11-9-18-27(25)36-30-16-5-3-14-28(30)35(29-15-4-6-17-31(29)36)24-20-21-34-32(22-24)26-13-7-8-19-33(26)37-34/h3*1-22H/i1D,2D,3D,4D,5D,6D,9D,11D,12D,15D,16D,17D,18D,19D;2*1D,2D,3D,4D,5D,6D,9D,10D,11D,14D,15D,16D,17D,18D. The van der Waals surface area contributed by atoms with Crippen molar-refractivity contribution in [2.45, 2.75) is 0 Å². The lowest BCUT2D eigenvalue weighted by Gasteiger charge is -2.18. The number of fused-ring (bicyclic) bond motifs is 18. The summed E-state index contributed by atoms with van der Waals surface area (Å²) in [5.74, 6) is 0. The molecule has 0 aliphatic carbocycles. The number of hydrogen-bond donors (Lipinski definition) is 0. The van der Waals surface area contributed by atoms with Crippen molar-refractivity contribution in [2.24, 2.45) is 0 Å². The molecule has 24 rings (SSSR count). The van der Waals surface area contributed by atoms with Gasteiger partial charge < -0.3 is 13.3 Å². The van der Waals surface area contributed by atoms with Crippen LogP contribution in [0.15, 0.2) is 413 Å². The van der Waals surface area contributed by atoms with Crippen molar-refractivity contribution in [1.29, 1.82) is 0 Å². The van der Waals surface area contributed by atoms with E-state index in [1.165, 1.54) is 0 Å². The molecule has 21 aromatic carbocycles. The third-order valence-corrected chi connectivity index (χ3v) is 20.1. The maximum atomic E-state index is 9.26. The van der Waals surface area contributed by atoms with Gasteiger partial charge in [0.1, 0.15) is 33.5 Å². The van der Waals surface area contributed by atoms with Crippen LogP contribution in [0.2, 0.25) is 0 Å². The van der Waals surface area contributed by atoms with Gasteiger partial charge in [-0.1, -0.05) is 357 Å². The lowest BCUT2D eigenvalue weighted by atomic mass is 9.84. The molecule has 3 aromatic heterocycles. The highest BCUT2D eigenvalue weighted by atomic mass is 16.3. The Morgan fingerprint density at radius 2 is 0.459 bits per heavy atom. The van der Waals surface area contributed by atoms with Crippen molar-refractivity contribution in [2.75, 3.05) is 0 Å². The summed E-state index contributed by atoms with van der Waals surface area (Å²) in [5, 5.41) is 1.09. The molecule has 111 heavy (non-hydrogen) atoms. The van der Waals surface area contributed by atoms with E-state index in [9.17, 15) is 16.4 Å². The first-order chi connectivity index (χ1) is 72.5. The molecule has 3 nitrogen and oxygen atoms in total. The quantitative estimate of drug-likeness (QED) is 0.156. The highest BCUT2D eigenvalue weighted by Gasteiger charge is 2.24. The van der Waals surface area contributed by atoms with Gasteiger partial charge in [0.2, 0.25) is 0 Å². The smallest absolute Gasteiger partial charge is 0.143 e. The molecular weight excluding hydrogens is 1350 g/mol. The number of rotatable bonds is 6. The van der Waals surface area contributed by atoms with Gasteiger partial charge in [0.15, 0.2) is 0 Å². The lowest BCUT2D eigenvalue weighted by molar-refractivity contribution is 0.668. The Balaban J connectivity index is 0.000000129. The van der Waals surface area contributed by atoms with Crippen LogP contribution in [0.1, 0.15) is 57.6 Å². The third kappa shape index (κ3) is 10.4. The Hall–Kier alpha value is -14.6. The van der Waals surface area contributed by atoms with E-state index in [0.29, 0.717) is 55.4 Å². The molecule has 24 aromatic rings. The minimum atomic E-state index is -0.678. The van der Waals surface area contributed by atoms with Gasteiger partial charge in [0, 0.05) is 43.4 Å². The molecule has 0 saturated heterocycles. The first-order valence-corrected chi connectivity index (χ1v) is 34.7. The van der Waals surface area contributed by atoms with Crippen LogP contribution in [0.4, 0.5) is 0 Å². The number of benzene rings is 21. The summed E-state index contributed by atoms with van der Waals surface area (Å²) in [6.07, 6.45) is 0. The summed E-state index contributed by atoms with van der Waals surface area (Å²) in [6.45, 7) is 0. The predicted octanol–water partition coefficient (Wildman–Crippen LogP) is 31.1. The monoisotopic (exact) mass is 1450 g/mol. The zero-order valence-electron chi connectivity index (χ0n) is 99.1. The molecule has 0 aliphatic heterocycles. The number of hydrogen-bond acceptors (Lipinski definition) is 3. The normalized spacial score (nSPS) is 17.1. The molecule has 516 valence electrons. The van der Waals surface area contributed by atoms with Crippen LogP contribution in [0.3, 0.4) is 0 Å². The van der Waals surface area contributed by atoms with E-state index in [2.05, 4.69) is 0 Å². The summed E-state index contributed by atoms with van der Waals surface area (Å²) in [7, 11) is 0. The third-order valence-electron chi connectivity index (χ3n) is 20.1. The van der Waals surface area contributed by atoms with Crippen LogP contribution in [0.5, 0.6) is 0 Å². The first-order valence-electron chi connectivity index (χ1n) is 55.7. The Morgan fingerprint density at radius 3 is 0.883 bits per heavy atom. The van der Waals surface area contributed by atoms with Crippen LogP contribution < -0.4 is 0 Å². The van der Waals surface area contributed by atoms with Gasteiger partial charge >= 0.3 is 0 Å². The minimum absolute atomic E-state index is 0.0299. The fourth-order valence-electron chi connectivity index (χ4n) is 15.4. The maximum absolute atomic E-state index is 9.26. The van der Waals surface area contributed by atoms with Gasteiger partial charge in [0.05, 0.1) is 57.6 Å². The lowest BCUT2D eigenvalue weighted by Crippen LogP contribution is -1.91. The van der Waals surface area contributed by atoms with E-state index < -0.39 is 254 Å². The van der Waals surface area contributed by atoms with E-state index in [-0.39, 0.29) is 153 Å². The van der Waals surface area contributed by atoms with Gasteiger partial charge in [-0.2, -0.15) is 0 Å². The number of furan rings is 3. The average molecular weight is 1450 g/mol. The second kappa shape index (κ2) is 26.1. The van der Waals surface area contributed by atoms with Gasteiger partial charge in [-0.05, 0) is 195 Å². The summed E-state index contributed by atoms with van der Waals surface area (Å²) in [4.78, 5) is 0. The van der Waals surface area contributed by atoms with E-state index in [1.54, 1.807) is 72.8 Å². The van der Waals surface area contributed by atoms with Crippen LogP contribution >= 0.6 is 0 Å². The largest absolute Gasteiger partial charge is 0.456 e. The Labute approximate surface area is 698 Å². The molecule has 0 amide bonds. The molecule has 3 heteroatoms. The first kappa shape index (κ1) is 34.5. The van der Waals surface area contributed by atoms with Gasteiger partial charge in [0.25, 0.3) is 0 Å². The molecular formula is C108H66O3.